The third-order valence-electron chi connectivity index (χ3n) is 6.39. The molecular weight excluding hydrogens is 244 g/mol. The predicted octanol–water partition coefficient (Wildman–Crippen LogP) is 5.05. The lowest BCUT2D eigenvalue weighted by atomic mass is 9.53. The van der Waals surface area contributed by atoms with E-state index in [0.717, 1.165) is 12.3 Å². The summed E-state index contributed by atoms with van der Waals surface area (Å²) in [5.74, 6) is 2.56. The van der Waals surface area contributed by atoms with Crippen LogP contribution in [0.4, 0.5) is 0 Å². The maximum Gasteiger partial charge on any atom is 0.115 e. The van der Waals surface area contributed by atoms with Gasteiger partial charge < -0.3 is 5.11 Å². The van der Waals surface area contributed by atoms with Crippen molar-refractivity contribution in [2.45, 2.75) is 52.4 Å². The highest BCUT2D eigenvalue weighted by Gasteiger charge is 2.46. The summed E-state index contributed by atoms with van der Waals surface area (Å²) in [6, 6.07) is 6.00. The van der Waals surface area contributed by atoms with Gasteiger partial charge in [-0.3, -0.25) is 0 Å². The van der Waals surface area contributed by atoms with Crippen molar-refractivity contribution in [1.29, 1.82) is 0 Å². The number of fused-ring (bicyclic) bond motifs is 3. The summed E-state index contributed by atoms with van der Waals surface area (Å²) in [5.41, 5.74) is 4.52. The third kappa shape index (κ3) is 1.90. The van der Waals surface area contributed by atoms with E-state index in [4.69, 9.17) is 0 Å². The Labute approximate surface area is 122 Å². The minimum atomic E-state index is 0.301. The van der Waals surface area contributed by atoms with Crippen molar-refractivity contribution < 1.29 is 5.11 Å². The highest BCUT2D eigenvalue weighted by Crippen LogP contribution is 2.56. The largest absolute Gasteiger partial charge is 0.508 e. The van der Waals surface area contributed by atoms with E-state index in [0.29, 0.717) is 23.0 Å². The summed E-state index contributed by atoms with van der Waals surface area (Å²) in [7, 11) is 0. The summed E-state index contributed by atoms with van der Waals surface area (Å²) in [6.07, 6.45) is 4.87. The van der Waals surface area contributed by atoms with Gasteiger partial charge in [0.2, 0.25) is 0 Å². The lowest BCUT2D eigenvalue weighted by Crippen LogP contribution is -2.41. The minimum absolute atomic E-state index is 0.301. The second-order valence-electron chi connectivity index (χ2n) is 7.22. The molecule has 2 aliphatic carbocycles. The number of benzene rings is 1. The third-order valence-corrected chi connectivity index (χ3v) is 6.39. The Kier molecular flexibility index (Phi) is 3.19. The maximum absolute atomic E-state index is 9.68. The van der Waals surface area contributed by atoms with E-state index in [1.54, 1.807) is 0 Å². The fraction of sp³-hybridized carbons (Fsp3) is 0.579. The van der Waals surface area contributed by atoms with E-state index in [9.17, 15) is 5.11 Å². The second kappa shape index (κ2) is 4.65. The second-order valence-corrected chi connectivity index (χ2v) is 7.22. The van der Waals surface area contributed by atoms with Crippen LogP contribution < -0.4 is 0 Å². The first-order valence-corrected chi connectivity index (χ1v) is 7.91. The molecule has 0 radical (unpaired) electrons. The zero-order valence-corrected chi connectivity index (χ0v) is 12.9. The molecule has 1 aromatic carbocycles. The molecule has 1 nitrogen and oxygen atoms in total. The molecule has 4 unspecified atom stereocenters. The molecule has 1 N–H and O–H groups in total. The van der Waals surface area contributed by atoms with Crippen molar-refractivity contribution in [3.8, 4) is 5.75 Å². The fourth-order valence-electron chi connectivity index (χ4n) is 4.65. The number of aryl methyl sites for hydroxylation is 1. The number of rotatable bonds is 1. The van der Waals surface area contributed by atoms with Gasteiger partial charge in [-0.2, -0.15) is 0 Å². The van der Waals surface area contributed by atoms with Crippen LogP contribution in [0.3, 0.4) is 0 Å². The van der Waals surface area contributed by atoms with Crippen LogP contribution in [-0.4, -0.2) is 5.11 Å². The Morgan fingerprint density at radius 2 is 2.10 bits per heavy atom. The molecule has 4 atom stereocenters. The number of hydrogen-bond donors (Lipinski definition) is 1. The SMILES string of the molecule is C=C(C)C1(C)CCC2c3ccc(O)cc3CCC2C1C. The quantitative estimate of drug-likeness (QED) is 0.708. The van der Waals surface area contributed by atoms with Gasteiger partial charge in [-0.25, -0.2) is 0 Å². The molecule has 2 aliphatic rings. The van der Waals surface area contributed by atoms with Crippen molar-refractivity contribution in [3.05, 3.63) is 41.5 Å². The van der Waals surface area contributed by atoms with Crippen LogP contribution in [0.2, 0.25) is 0 Å². The monoisotopic (exact) mass is 270 g/mol. The standard InChI is InChI=1S/C19H26O/c1-12(2)19(4)10-9-18-16(13(19)3)7-5-14-11-15(20)6-8-17(14)18/h6,8,11,13,16,18,20H,1,5,7,9-10H2,2-4H3. The highest BCUT2D eigenvalue weighted by molar-refractivity contribution is 5.40. The van der Waals surface area contributed by atoms with Crippen LogP contribution in [0.1, 0.15) is 57.1 Å². The van der Waals surface area contributed by atoms with Gasteiger partial charge in [-0.05, 0) is 79.0 Å². The Morgan fingerprint density at radius 3 is 2.80 bits per heavy atom. The number of allylic oxidation sites excluding steroid dienone is 1. The first kappa shape index (κ1) is 13.7. The molecule has 1 fully saturated rings. The molecule has 0 bridgehead atoms. The molecule has 0 aromatic heterocycles. The lowest BCUT2D eigenvalue weighted by molar-refractivity contribution is 0.0740. The van der Waals surface area contributed by atoms with Gasteiger partial charge in [-0.15, -0.1) is 0 Å². The maximum atomic E-state index is 9.68. The lowest BCUT2D eigenvalue weighted by Gasteiger charge is -2.51. The van der Waals surface area contributed by atoms with Gasteiger partial charge in [0.1, 0.15) is 5.75 Å². The van der Waals surface area contributed by atoms with Crippen molar-refractivity contribution in [2.24, 2.45) is 17.3 Å². The van der Waals surface area contributed by atoms with Crippen molar-refractivity contribution >= 4 is 0 Å². The minimum Gasteiger partial charge on any atom is -0.508 e. The van der Waals surface area contributed by atoms with Crippen molar-refractivity contribution in [3.63, 3.8) is 0 Å². The molecule has 20 heavy (non-hydrogen) atoms. The molecule has 0 aliphatic heterocycles. The number of phenolic OH excluding ortho intramolecular Hbond substituents is 1. The Balaban J connectivity index is 1.96. The van der Waals surface area contributed by atoms with E-state index in [1.807, 2.05) is 12.1 Å². The Hall–Kier alpha value is -1.24. The molecule has 1 aromatic rings. The molecular formula is C19H26O. The van der Waals surface area contributed by atoms with Gasteiger partial charge in [0.25, 0.3) is 0 Å². The summed E-state index contributed by atoms with van der Waals surface area (Å²) >= 11 is 0. The predicted molar refractivity (Wildman–Crippen MR) is 84.0 cm³/mol. The summed E-state index contributed by atoms with van der Waals surface area (Å²) in [4.78, 5) is 0. The molecule has 1 heteroatoms. The molecule has 3 rings (SSSR count). The molecule has 108 valence electrons. The van der Waals surface area contributed by atoms with Crippen LogP contribution >= 0.6 is 0 Å². The molecule has 1 saturated carbocycles. The van der Waals surface area contributed by atoms with Gasteiger partial charge in [0.05, 0.1) is 0 Å². The van der Waals surface area contributed by atoms with Gasteiger partial charge in [0.15, 0.2) is 0 Å². The normalized spacial score (nSPS) is 36.0. The van der Waals surface area contributed by atoms with E-state index >= 15 is 0 Å². The summed E-state index contributed by atoms with van der Waals surface area (Å²) in [6.45, 7) is 11.3. The summed E-state index contributed by atoms with van der Waals surface area (Å²) in [5, 5.41) is 9.68. The van der Waals surface area contributed by atoms with Crippen LogP contribution in [0, 0.1) is 17.3 Å². The van der Waals surface area contributed by atoms with Gasteiger partial charge in [0, 0.05) is 0 Å². The first-order valence-electron chi connectivity index (χ1n) is 7.91. The first-order chi connectivity index (χ1) is 9.43. The topological polar surface area (TPSA) is 20.2 Å². The van der Waals surface area contributed by atoms with Crippen LogP contribution in [0.5, 0.6) is 5.75 Å². The molecule has 0 amide bonds. The van der Waals surface area contributed by atoms with Crippen LogP contribution in [0.15, 0.2) is 30.4 Å². The van der Waals surface area contributed by atoms with Crippen LogP contribution in [-0.2, 0) is 6.42 Å². The van der Waals surface area contributed by atoms with Crippen LogP contribution in [0.25, 0.3) is 0 Å². The van der Waals surface area contributed by atoms with E-state index in [2.05, 4.69) is 33.4 Å². The number of phenols is 1. The number of aromatic hydroxyl groups is 1. The van der Waals surface area contributed by atoms with Gasteiger partial charge >= 0.3 is 0 Å². The summed E-state index contributed by atoms with van der Waals surface area (Å²) < 4.78 is 0. The average Bonchev–Trinajstić information content (AvgIpc) is 2.42. The Morgan fingerprint density at radius 1 is 1.35 bits per heavy atom. The molecule has 0 heterocycles. The Bertz CT molecular complexity index is 545. The molecule has 0 saturated heterocycles. The number of hydrogen-bond acceptors (Lipinski definition) is 1. The van der Waals surface area contributed by atoms with Crippen molar-refractivity contribution in [2.75, 3.05) is 0 Å². The zero-order chi connectivity index (χ0) is 14.5. The van der Waals surface area contributed by atoms with E-state index < -0.39 is 0 Å². The average molecular weight is 270 g/mol. The fourth-order valence-corrected chi connectivity index (χ4v) is 4.65. The van der Waals surface area contributed by atoms with E-state index in [1.165, 1.54) is 36.0 Å². The zero-order valence-electron chi connectivity index (χ0n) is 12.9. The highest BCUT2D eigenvalue weighted by atomic mass is 16.3. The molecule has 0 spiro atoms. The van der Waals surface area contributed by atoms with Gasteiger partial charge in [-0.1, -0.05) is 32.1 Å². The van der Waals surface area contributed by atoms with Crippen molar-refractivity contribution in [1.82, 2.24) is 0 Å². The smallest absolute Gasteiger partial charge is 0.115 e. The van der Waals surface area contributed by atoms with E-state index in [-0.39, 0.29) is 0 Å².